The predicted octanol–water partition coefficient (Wildman–Crippen LogP) is 3.14. The molecule has 0 aromatic carbocycles. The highest BCUT2D eigenvalue weighted by Gasteiger charge is 2.22. The molecule has 4 nitrogen and oxygen atoms in total. The van der Waals surface area contributed by atoms with Gasteiger partial charge in [-0.15, -0.1) is 0 Å². The highest BCUT2D eigenvalue weighted by atomic mass is 16.5. The molecule has 1 fully saturated rings. The molecule has 1 aliphatic carbocycles. The van der Waals surface area contributed by atoms with E-state index >= 15 is 0 Å². The van der Waals surface area contributed by atoms with Crippen molar-refractivity contribution in [3.63, 3.8) is 0 Å². The summed E-state index contributed by atoms with van der Waals surface area (Å²) in [4.78, 5) is 8.69. The van der Waals surface area contributed by atoms with Gasteiger partial charge in [-0.1, -0.05) is 20.8 Å². The Hall–Kier alpha value is -1.16. The van der Waals surface area contributed by atoms with Crippen LogP contribution in [0.4, 0.5) is 5.82 Å². The van der Waals surface area contributed by atoms with Crippen molar-refractivity contribution in [2.75, 3.05) is 12.4 Å². The monoisotopic (exact) mass is 263 g/mol. The van der Waals surface area contributed by atoms with Gasteiger partial charge in [0.25, 0.3) is 0 Å². The van der Waals surface area contributed by atoms with Crippen LogP contribution >= 0.6 is 0 Å². The summed E-state index contributed by atoms with van der Waals surface area (Å²) in [6, 6.07) is 2.58. The van der Waals surface area contributed by atoms with Gasteiger partial charge in [-0.3, -0.25) is 0 Å². The Labute approximate surface area is 116 Å². The minimum atomic E-state index is 0.0626. The van der Waals surface area contributed by atoms with Crippen LogP contribution in [0.5, 0.6) is 0 Å². The Morgan fingerprint density at radius 3 is 2.42 bits per heavy atom. The van der Waals surface area contributed by atoms with Crippen molar-refractivity contribution in [1.29, 1.82) is 0 Å². The third kappa shape index (κ3) is 3.90. The van der Waals surface area contributed by atoms with Crippen molar-refractivity contribution >= 4 is 5.82 Å². The molecule has 1 N–H and O–H groups in total. The van der Waals surface area contributed by atoms with Crippen LogP contribution in [0.25, 0.3) is 0 Å². The van der Waals surface area contributed by atoms with Gasteiger partial charge >= 0.3 is 0 Å². The van der Waals surface area contributed by atoms with Gasteiger partial charge < -0.3 is 10.1 Å². The van der Waals surface area contributed by atoms with Crippen LogP contribution in [0, 0.1) is 0 Å². The van der Waals surface area contributed by atoms with Gasteiger partial charge in [0.2, 0.25) is 0 Å². The van der Waals surface area contributed by atoms with Gasteiger partial charge in [-0.2, -0.15) is 0 Å². The number of methoxy groups -OCH3 is 1. The first-order valence-electron chi connectivity index (χ1n) is 7.11. The van der Waals surface area contributed by atoms with Crippen molar-refractivity contribution in [2.45, 2.75) is 64.0 Å². The SMILES string of the molecule is COC1CCC(Nc2cc(C(C)(C)C)ncn2)CC1. The predicted molar refractivity (Wildman–Crippen MR) is 77.4 cm³/mol. The molecule has 0 amide bonds. The van der Waals surface area contributed by atoms with Crippen LogP contribution in [0.2, 0.25) is 0 Å². The Bertz CT molecular complexity index is 406. The average molecular weight is 263 g/mol. The average Bonchev–Trinajstić information content (AvgIpc) is 2.39. The summed E-state index contributed by atoms with van der Waals surface area (Å²) in [7, 11) is 1.80. The molecule has 0 radical (unpaired) electrons. The van der Waals surface area contributed by atoms with Gasteiger partial charge in [0.1, 0.15) is 12.1 Å². The van der Waals surface area contributed by atoms with E-state index < -0.39 is 0 Å². The molecule has 1 aliphatic rings. The van der Waals surface area contributed by atoms with E-state index in [0.29, 0.717) is 12.1 Å². The van der Waals surface area contributed by atoms with Gasteiger partial charge in [0, 0.05) is 24.6 Å². The Morgan fingerprint density at radius 2 is 1.84 bits per heavy atom. The standard InChI is InChI=1S/C15H25N3O/c1-15(2,3)13-9-14(17-10-16-13)18-11-5-7-12(19-4)8-6-11/h9-12H,5-8H2,1-4H3,(H,16,17,18). The lowest BCUT2D eigenvalue weighted by molar-refractivity contribution is 0.0681. The maximum absolute atomic E-state index is 5.40. The van der Waals surface area contributed by atoms with Crippen LogP contribution in [-0.2, 0) is 10.2 Å². The fourth-order valence-electron chi connectivity index (χ4n) is 2.50. The van der Waals surface area contributed by atoms with E-state index in [2.05, 4.69) is 42.1 Å². The summed E-state index contributed by atoms with van der Waals surface area (Å²) in [5.41, 5.74) is 1.14. The highest BCUT2D eigenvalue weighted by molar-refractivity contribution is 5.37. The Balaban J connectivity index is 1.97. The smallest absolute Gasteiger partial charge is 0.129 e. The lowest BCUT2D eigenvalue weighted by Crippen LogP contribution is -2.29. The zero-order chi connectivity index (χ0) is 13.9. The van der Waals surface area contributed by atoms with Gasteiger partial charge in [0.15, 0.2) is 0 Å². The number of ether oxygens (including phenoxy) is 1. The van der Waals surface area contributed by atoms with Crippen molar-refractivity contribution in [3.8, 4) is 0 Å². The van der Waals surface area contributed by atoms with Crippen LogP contribution in [0.3, 0.4) is 0 Å². The van der Waals surface area contributed by atoms with Gasteiger partial charge in [0.05, 0.1) is 11.8 Å². The molecule has 2 rings (SSSR count). The van der Waals surface area contributed by atoms with E-state index in [1.54, 1.807) is 13.4 Å². The summed E-state index contributed by atoms with van der Waals surface area (Å²) in [6.07, 6.45) is 6.65. The number of anilines is 1. The zero-order valence-corrected chi connectivity index (χ0v) is 12.4. The minimum absolute atomic E-state index is 0.0626. The maximum Gasteiger partial charge on any atom is 0.129 e. The molecule has 0 atom stereocenters. The first-order chi connectivity index (χ1) is 8.99. The lowest BCUT2D eigenvalue weighted by Gasteiger charge is -2.28. The highest BCUT2D eigenvalue weighted by Crippen LogP contribution is 2.25. The molecule has 1 saturated carbocycles. The second-order valence-corrected chi connectivity index (χ2v) is 6.39. The molecular weight excluding hydrogens is 238 g/mol. The Morgan fingerprint density at radius 1 is 1.16 bits per heavy atom. The van der Waals surface area contributed by atoms with Crippen molar-refractivity contribution in [2.24, 2.45) is 0 Å². The first kappa shape index (κ1) is 14.3. The summed E-state index contributed by atoms with van der Waals surface area (Å²) >= 11 is 0. The third-order valence-corrected chi connectivity index (χ3v) is 3.80. The van der Waals surface area contributed by atoms with E-state index in [1.807, 2.05) is 0 Å². The fraction of sp³-hybridized carbons (Fsp3) is 0.733. The van der Waals surface area contributed by atoms with Crippen LogP contribution < -0.4 is 5.32 Å². The molecule has 1 heterocycles. The second kappa shape index (κ2) is 5.87. The van der Waals surface area contributed by atoms with Crippen molar-refractivity contribution in [1.82, 2.24) is 9.97 Å². The molecule has 19 heavy (non-hydrogen) atoms. The largest absolute Gasteiger partial charge is 0.381 e. The summed E-state index contributed by atoms with van der Waals surface area (Å²) in [5.74, 6) is 0.945. The number of nitrogens with one attached hydrogen (secondary N) is 1. The zero-order valence-electron chi connectivity index (χ0n) is 12.4. The molecule has 4 heteroatoms. The van der Waals surface area contributed by atoms with Crippen molar-refractivity contribution < 1.29 is 4.74 Å². The summed E-state index contributed by atoms with van der Waals surface area (Å²) in [5, 5.41) is 3.53. The van der Waals surface area contributed by atoms with E-state index in [-0.39, 0.29) is 5.41 Å². The van der Waals surface area contributed by atoms with Crippen molar-refractivity contribution in [3.05, 3.63) is 18.1 Å². The maximum atomic E-state index is 5.40. The molecule has 0 aliphatic heterocycles. The number of nitrogens with zero attached hydrogens (tertiary/aromatic N) is 2. The quantitative estimate of drug-likeness (QED) is 0.910. The molecular formula is C15H25N3O. The normalized spacial score (nSPS) is 24.2. The third-order valence-electron chi connectivity index (χ3n) is 3.80. The fourth-order valence-corrected chi connectivity index (χ4v) is 2.50. The Kier molecular flexibility index (Phi) is 4.40. The van der Waals surface area contributed by atoms with E-state index in [4.69, 9.17) is 4.74 Å². The lowest BCUT2D eigenvalue weighted by atomic mass is 9.91. The number of hydrogen-bond donors (Lipinski definition) is 1. The van der Waals surface area contributed by atoms with Crippen LogP contribution in [0.1, 0.15) is 52.1 Å². The van der Waals surface area contributed by atoms with E-state index in [9.17, 15) is 0 Å². The molecule has 106 valence electrons. The van der Waals surface area contributed by atoms with Gasteiger partial charge in [-0.25, -0.2) is 9.97 Å². The second-order valence-electron chi connectivity index (χ2n) is 6.39. The van der Waals surface area contributed by atoms with Crippen LogP contribution in [0.15, 0.2) is 12.4 Å². The molecule has 1 aromatic rings. The molecule has 0 unspecified atom stereocenters. The first-order valence-corrected chi connectivity index (χ1v) is 7.11. The minimum Gasteiger partial charge on any atom is -0.381 e. The molecule has 0 spiro atoms. The number of aromatic nitrogens is 2. The summed E-state index contributed by atoms with van der Waals surface area (Å²) in [6.45, 7) is 6.51. The van der Waals surface area contributed by atoms with E-state index in [1.165, 1.54) is 0 Å². The van der Waals surface area contributed by atoms with Crippen LogP contribution in [-0.4, -0.2) is 29.2 Å². The van der Waals surface area contributed by atoms with E-state index in [0.717, 1.165) is 37.2 Å². The molecule has 0 saturated heterocycles. The topological polar surface area (TPSA) is 47.0 Å². The molecule has 0 bridgehead atoms. The number of hydrogen-bond acceptors (Lipinski definition) is 4. The molecule has 1 aromatic heterocycles. The number of rotatable bonds is 3. The summed E-state index contributed by atoms with van der Waals surface area (Å²) < 4.78 is 5.40. The van der Waals surface area contributed by atoms with Gasteiger partial charge in [-0.05, 0) is 25.7 Å².